The molecule has 9 heteroatoms. The highest BCUT2D eigenvalue weighted by atomic mass is 16.5. The largest absolute Gasteiger partial charge is 0.402 e. The van der Waals surface area contributed by atoms with E-state index in [0.29, 0.717) is 40.7 Å². The van der Waals surface area contributed by atoms with Gasteiger partial charge in [0.25, 0.3) is 5.91 Å². The minimum atomic E-state index is -0.579. The third-order valence-electron chi connectivity index (χ3n) is 4.56. The molecule has 0 aliphatic carbocycles. The van der Waals surface area contributed by atoms with Crippen LogP contribution in [0, 0.1) is 5.41 Å². The van der Waals surface area contributed by atoms with E-state index in [2.05, 4.69) is 15.0 Å². The van der Waals surface area contributed by atoms with Gasteiger partial charge in [-0.15, -0.1) is 0 Å². The van der Waals surface area contributed by atoms with Crippen LogP contribution >= 0.6 is 0 Å². The molecule has 0 bridgehead atoms. The average Bonchev–Trinajstić information content (AvgIpc) is 2.77. The van der Waals surface area contributed by atoms with Crippen molar-refractivity contribution < 1.29 is 10.0 Å². The summed E-state index contributed by atoms with van der Waals surface area (Å²) >= 11 is 0. The Morgan fingerprint density at radius 1 is 1.06 bits per heavy atom. The molecule has 9 nitrogen and oxygen atoms in total. The van der Waals surface area contributed by atoms with E-state index in [1.807, 2.05) is 17.0 Å². The number of rotatable bonds is 7. The number of nitrogens with one attached hydrogen (secondary N) is 2. The van der Waals surface area contributed by atoms with Crippen LogP contribution in [0.25, 0.3) is 5.57 Å². The highest BCUT2D eigenvalue weighted by Crippen LogP contribution is 2.27. The first kappa shape index (κ1) is 21.6. The number of nitrogens with zero attached hydrogens (tertiary/aromatic N) is 4. The molecule has 1 amide bonds. The van der Waals surface area contributed by atoms with E-state index in [9.17, 15) is 4.79 Å². The van der Waals surface area contributed by atoms with Crippen molar-refractivity contribution in [2.75, 3.05) is 4.90 Å². The predicted octanol–water partition coefficient (Wildman–Crippen LogP) is 3.06. The fourth-order valence-electron chi connectivity index (χ4n) is 3.18. The van der Waals surface area contributed by atoms with Crippen molar-refractivity contribution >= 4 is 28.8 Å². The highest BCUT2D eigenvalue weighted by molar-refractivity contribution is 6.21. The van der Waals surface area contributed by atoms with Crippen molar-refractivity contribution in [3.8, 4) is 0 Å². The van der Waals surface area contributed by atoms with Gasteiger partial charge in [-0.1, -0.05) is 12.1 Å². The molecule has 2 heterocycles. The first-order valence-corrected chi connectivity index (χ1v) is 9.46. The van der Waals surface area contributed by atoms with E-state index in [0.717, 1.165) is 11.1 Å². The topological polar surface area (TPSA) is 141 Å². The van der Waals surface area contributed by atoms with Crippen molar-refractivity contribution in [3.63, 3.8) is 0 Å². The lowest BCUT2D eigenvalue weighted by molar-refractivity contribution is 0.0706. The van der Waals surface area contributed by atoms with Gasteiger partial charge in [-0.25, -0.2) is 15.4 Å². The number of aromatic nitrogens is 3. The molecule has 2 aromatic heterocycles. The van der Waals surface area contributed by atoms with Gasteiger partial charge in [0.15, 0.2) is 5.82 Å². The molecule has 3 rings (SSSR count). The third-order valence-corrected chi connectivity index (χ3v) is 4.56. The summed E-state index contributed by atoms with van der Waals surface area (Å²) in [6, 6.07) is 10.5. The number of hydroxylamine groups is 1. The van der Waals surface area contributed by atoms with E-state index >= 15 is 0 Å². The van der Waals surface area contributed by atoms with Gasteiger partial charge in [-0.2, -0.15) is 0 Å². The van der Waals surface area contributed by atoms with Crippen LogP contribution in [0.15, 0.2) is 66.9 Å². The number of carbonyl (C=O) groups excluding carboxylic acids is 1. The normalized spacial score (nSPS) is 11.5. The molecule has 1 aromatic carbocycles. The number of carbonyl (C=O) groups is 1. The van der Waals surface area contributed by atoms with E-state index in [1.54, 1.807) is 68.4 Å². The Kier molecular flexibility index (Phi) is 6.68. The Hall–Kier alpha value is -4.11. The van der Waals surface area contributed by atoms with Crippen LogP contribution < -0.4 is 16.1 Å². The minimum Gasteiger partial charge on any atom is -0.402 e. The SMILES string of the molecule is CC(=N)/C(=C(/C)N)c1ccnc(N(Cc2ccc(C(=O)NO)cc2)c2cnccn2)c1. The molecule has 3 aromatic rings. The van der Waals surface area contributed by atoms with Crippen LogP contribution in [0.1, 0.15) is 35.3 Å². The van der Waals surface area contributed by atoms with Gasteiger partial charge in [0.1, 0.15) is 5.82 Å². The Balaban J connectivity index is 2.01. The molecule has 0 aliphatic heterocycles. The zero-order valence-corrected chi connectivity index (χ0v) is 17.2. The fourth-order valence-corrected chi connectivity index (χ4v) is 3.18. The van der Waals surface area contributed by atoms with Crippen LogP contribution in [0.4, 0.5) is 11.6 Å². The smallest absolute Gasteiger partial charge is 0.274 e. The first-order chi connectivity index (χ1) is 14.9. The van der Waals surface area contributed by atoms with Gasteiger partial charge < -0.3 is 16.0 Å². The van der Waals surface area contributed by atoms with Gasteiger partial charge >= 0.3 is 0 Å². The molecule has 0 radical (unpaired) electrons. The molecule has 0 saturated heterocycles. The Bertz CT molecular complexity index is 1110. The van der Waals surface area contributed by atoms with Crippen LogP contribution in [0.3, 0.4) is 0 Å². The molecule has 5 N–H and O–H groups in total. The molecule has 0 aliphatic rings. The maximum atomic E-state index is 11.6. The molecule has 0 spiro atoms. The van der Waals surface area contributed by atoms with Crippen LogP contribution in [-0.2, 0) is 6.54 Å². The maximum Gasteiger partial charge on any atom is 0.274 e. The summed E-state index contributed by atoms with van der Waals surface area (Å²) in [5, 5.41) is 16.9. The lowest BCUT2D eigenvalue weighted by Crippen LogP contribution is -2.20. The van der Waals surface area contributed by atoms with E-state index in [4.69, 9.17) is 16.4 Å². The quantitative estimate of drug-likeness (QED) is 0.263. The Morgan fingerprint density at radius 2 is 1.77 bits per heavy atom. The minimum absolute atomic E-state index is 0.340. The lowest BCUT2D eigenvalue weighted by Gasteiger charge is -2.23. The molecule has 0 atom stereocenters. The molecular weight excluding hydrogens is 394 g/mol. The second-order valence-electron chi connectivity index (χ2n) is 6.87. The number of nitrogens with two attached hydrogens (primary N) is 1. The first-order valence-electron chi connectivity index (χ1n) is 9.46. The van der Waals surface area contributed by atoms with Crippen molar-refractivity contribution in [2.45, 2.75) is 20.4 Å². The number of benzene rings is 1. The second-order valence-corrected chi connectivity index (χ2v) is 6.87. The Labute approximate surface area is 179 Å². The van der Waals surface area contributed by atoms with Gasteiger partial charge in [-0.3, -0.25) is 15.0 Å². The number of anilines is 2. The molecule has 31 heavy (non-hydrogen) atoms. The third kappa shape index (κ3) is 5.09. The summed E-state index contributed by atoms with van der Waals surface area (Å²) in [6.45, 7) is 3.86. The van der Waals surface area contributed by atoms with E-state index in [-0.39, 0.29) is 0 Å². The lowest BCUT2D eigenvalue weighted by atomic mass is 10.0. The van der Waals surface area contributed by atoms with Crippen molar-refractivity contribution in [1.29, 1.82) is 5.41 Å². The van der Waals surface area contributed by atoms with Crippen LogP contribution in [0.2, 0.25) is 0 Å². The number of allylic oxidation sites excluding steroid dienone is 2. The summed E-state index contributed by atoms with van der Waals surface area (Å²) in [6.07, 6.45) is 6.48. The van der Waals surface area contributed by atoms with Gasteiger partial charge in [0.05, 0.1) is 12.7 Å². The molecule has 0 unspecified atom stereocenters. The summed E-state index contributed by atoms with van der Waals surface area (Å²) in [5.74, 6) is 0.617. The van der Waals surface area contributed by atoms with Gasteiger partial charge in [0, 0.05) is 41.1 Å². The van der Waals surface area contributed by atoms with Crippen LogP contribution in [-0.4, -0.2) is 31.8 Å². The fraction of sp³-hybridized carbons (Fsp3) is 0.136. The summed E-state index contributed by atoms with van der Waals surface area (Å²) < 4.78 is 0. The zero-order chi connectivity index (χ0) is 22.4. The molecule has 0 fully saturated rings. The summed E-state index contributed by atoms with van der Waals surface area (Å²) in [5.41, 5.74) is 11.2. The molecule has 0 saturated carbocycles. The second kappa shape index (κ2) is 9.59. The molecule has 158 valence electrons. The summed E-state index contributed by atoms with van der Waals surface area (Å²) in [7, 11) is 0. The van der Waals surface area contributed by atoms with Crippen LogP contribution in [0.5, 0.6) is 0 Å². The van der Waals surface area contributed by atoms with Gasteiger partial charge in [-0.05, 0) is 49.2 Å². The highest BCUT2D eigenvalue weighted by Gasteiger charge is 2.16. The summed E-state index contributed by atoms with van der Waals surface area (Å²) in [4.78, 5) is 26.5. The number of pyridine rings is 1. The predicted molar refractivity (Wildman–Crippen MR) is 118 cm³/mol. The average molecular weight is 417 g/mol. The molecular formula is C22H23N7O2. The van der Waals surface area contributed by atoms with E-state index in [1.165, 1.54) is 0 Å². The van der Waals surface area contributed by atoms with Crippen molar-refractivity contribution in [1.82, 2.24) is 20.4 Å². The standard InChI is InChI=1S/C22H23N7O2/c1-14(23)21(15(2)24)18-7-8-26-19(11-18)29(20-12-25-9-10-27-20)13-16-3-5-17(6-4-16)22(30)28-31/h3-12,23,31H,13,24H2,1-2H3,(H,28,30)/b21-15+,23-14?. The Morgan fingerprint density at radius 3 is 2.35 bits per heavy atom. The van der Waals surface area contributed by atoms with Gasteiger partial charge in [0.2, 0.25) is 0 Å². The number of hydrogen-bond acceptors (Lipinski definition) is 8. The zero-order valence-electron chi connectivity index (χ0n) is 17.2. The maximum absolute atomic E-state index is 11.6. The number of amides is 1. The van der Waals surface area contributed by atoms with E-state index < -0.39 is 5.91 Å². The monoisotopic (exact) mass is 417 g/mol. The van der Waals surface area contributed by atoms with Crippen molar-refractivity contribution in [2.24, 2.45) is 5.73 Å². The van der Waals surface area contributed by atoms with Crippen molar-refractivity contribution in [3.05, 3.63) is 83.6 Å². The number of hydrogen-bond donors (Lipinski definition) is 4.